The molecule has 0 unspecified atom stereocenters. The van der Waals surface area contributed by atoms with Crippen molar-refractivity contribution in [1.82, 2.24) is 9.97 Å². The summed E-state index contributed by atoms with van der Waals surface area (Å²) in [7, 11) is 0. The average Bonchev–Trinajstić information content (AvgIpc) is 2.85. The Kier molecular flexibility index (Phi) is 2.85. The van der Waals surface area contributed by atoms with E-state index >= 15 is 0 Å². The van der Waals surface area contributed by atoms with E-state index in [2.05, 4.69) is 14.7 Å². The van der Waals surface area contributed by atoms with E-state index in [-0.39, 0.29) is 5.75 Å². The number of halogens is 3. The first kappa shape index (κ1) is 12.5. The maximum Gasteiger partial charge on any atom is 0.573 e. The fraction of sp³-hybridized carbons (Fsp3) is 0.0714. The van der Waals surface area contributed by atoms with Crippen LogP contribution < -0.4 is 4.74 Å². The molecular formula is C14H9F3N2O. The Morgan fingerprint density at radius 3 is 2.45 bits per heavy atom. The van der Waals surface area contributed by atoms with Crippen LogP contribution in [0.3, 0.4) is 0 Å². The predicted octanol–water partition coefficient (Wildman–Crippen LogP) is 4.13. The summed E-state index contributed by atoms with van der Waals surface area (Å²) >= 11 is 0. The Labute approximate surface area is 112 Å². The van der Waals surface area contributed by atoms with Gasteiger partial charge in [-0.1, -0.05) is 12.1 Å². The Morgan fingerprint density at radius 2 is 1.75 bits per heavy atom. The lowest BCUT2D eigenvalue weighted by molar-refractivity contribution is -0.274. The van der Waals surface area contributed by atoms with Crippen molar-refractivity contribution in [2.75, 3.05) is 0 Å². The molecule has 20 heavy (non-hydrogen) atoms. The Bertz CT molecular complexity index is 732. The van der Waals surface area contributed by atoms with Gasteiger partial charge in [-0.2, -0.15) is 0 Å². The van der Waals surface area contributed by atoms with Crippen LogP contribution >= 0.6 is 0 Å². The highest BCUT2D eigenvalue weighted by molar-refractivity contribution is 5.80. The van der Waals surface area contributed by atoms with Gasteiger partial charge in [-0.05, 0) is 29.8 Å². The van der Waals surface area contributed by atoms with Crippen molar-refractivity contribution >= 4 is 11.0 Å². The number of hydrogen-bond donors (Lipinski definition) is 1. The minimum atomic E-state index is -4.67. The molecule has 0 spiro atoms. The fourth-order valence-electron chi connectivity index (χ4n) is 1.94. The zero-order valence-corrected chi connectivity index (χ0v) is 10.1. The molecule has 2 heterocycles. The van der Waals surface area contributed by atoms with Gasteiger partial charge in [0, 0.05) is 18.0 Å². The summed E-state index contributed by atoms with van der Waals surface area (Å²) < 4.78 is 40.0. The van der Waals surface area contributed by atoms with Crippen LogP contribution in [0.25, 0.3) is 22.2 Å². The monoisotopic (exact) mass is 278 g/mol. The number of rotatable bonds is 2. The van der Waals surface area contributed by atoms with Crippen LogP contribution in [0, 0.1) is 0 Å². The van der Waals surface area contributed by atoms with E-state index < -0.39 is 6.36 Å². The number of benzene rings is 1. The fourth-order valence-corrected chi connectivity index (χ4v) is 1.94. The number of alkyl halides is 3. The number of nitrogens with one attached hydrogen (secondary N) is 1. The largest absolute Gasteiger partial charge is 0.573 e. The van der Waals surface area contributed by atoms with Gasteiger partial charge in [0.2, 0.25) is 0 Å². The Hall–Kier alpha value is -2.50. The van der Waals surface area contributed by atoms with Crippen molar-refractivity contribution in [1.29, 1.82) is 0 Å². The molecule has 3 aromatic rings. The third-order valence-corrected chi connectivity index (χ3v) is 2.82. The summed E-state index contributed by atoms with van der Waals surface area (Å²) in [4.78, 5) is 7.29. The van der Waals surface area contributed by atoms with Gasteiger partial charge >= 0.3 is 6.36 Å². The summed E-state index contributed by atoms with van der Waals surface area (Å²) in [5.41, 5.74) is 3.30. The number of ether oxygens (including phenoxy) is 1. The van der Waals surface area contributed by atoms with Crippen LogP contribution in [0.4, 0.5) is 13.2 Å². The lowest BCUT2D eigenvalue weighted by Gasteiger charge is -2.09. The molecule has 6 heteroatoms. The molecule has 102 valence electrons. The molecule has 1 aromatic carbocycles. The number of nitrogens with zero attached hydrogens (tertiary/aromatic N) is 1. The zero-order valence-electron chi connectivity index (χ0n) is 10.1. The van der Waals surface area contributed by atoms with Gasteiger partial charge < -0.3 is 9.72 Å². The van der Waals surface area contributed by atoms with E-state index in [0.717, 1.165) is 22.2 Å². The molecular weight excluding hydrogens is 269 g/mol. The minimum Gasteiger partial charge on any atom is -0.406 e. The van der Waals surface area contributed by atoms with Crippen molar-refractivity contribution in [2.24, 2.45) is 0 Å². The molecule has 0 aliphatic carbocycles. The van der Waals surface area contributed by atoms with Crippen molar-refractivity contribution in [3.05, 3.63) is 48.8 Å². The summed E-state index contributed by atoms with van der Waals surface area (Å²) in [5, 5.41) is 0. The number of hydrogen-bond acceptors (Lipinski definition) is 2. The predicted molar refractivity (Wildman–Crippen MR) is 68.2 cm³/mol. The molecule has 0 saturated carbocycles. The summed E-state index contributed by atoms with van der Waals surface area (Å²) in [6.07, 6.45) is -1.22. The summed E-state index contributed by atoms with van der Waals surface area (Å²) in [6, 6.07) is 9.42. The van der Waals surface area contributed by atoms with Gasteiger partial charge in [0.15, 0.2) is 0 Å². The first-order valence-electron chi connectivity index (χ1n) is 5.81. The van der Waals surface area contributed by atoms with Crippen molar-refractivity contribution in [3.63, 3.8) is 0 Å². The number of aromatic nitrogens is 2. The molecule has 0 aliphatic heterocycles. The van der Waals surface area contributed by atoms with E-state index in [4.69, 9.17) is 0 Å². The number of fused-ring (bicyclic) bond motifs is 1. The van der Waals surface area contributed by atoms with Crippen molar-refractivity contribution < 1.29 is 17.9 Å². The van der Waals surface area contributed by atoms with Crippen molar-refractivity contribution in [2.45, 2.75) is 6.36 Å². The second-order valence-corrected chi connectivity index (χ2v) is 4.21. The Morgan fingerprint density at radius 1 is 1.00 bits per heavy atom. The third-order valence-electron chi connectivity index (χ3n) is 2.82. The molecule has 0 amide bonds. The number of aromatic amines is 1. The van der Waals surface area contributed by atoms with Gasteiger partial charge in [-0.3, -0.25) is 4.98 Å². The summed E-state index contributed by atoms with van der Waals surface area (Å²) in [5.74, 6) is -0.241. The lowest BCUT2D eigenvalue weighted by Crippen LogP contribution is -2.16. The van der Waals surface area contributed by atoms with Crippen LogP contribution in [0.5, 0.6) is 5.75 Å². The molecule has 0 bridgehead atoms. The first-order chi connectivity index (χ1) is 9.51. The molecule has 2 aromatic heterocycles. The normalized spacial score (nSPS) is 11.8. The minimum absolute atomic E-state index is 0.241. The first-order valence-corrected chi connectivity index (χ1v) is 5.81. The number of H-pyrrole nitrogens is 1. The SMILES string of the molecule is FC(F)(F)Oc1ccc(-c2cnc3cc[nH]c3c2)cc1. The second kappa shape index (κ2) is 4.56. The van der Waals surface area contributed by atoms with E-state index in [1.165, 1.54) is 12.1 Å². The van der Waals surface area contributed by atoms with Crippen LogP contribution in [0.2, 0.25) is 0 Å². The third kappa shape index (κ3) is 2.59. The molecule has 0 fully saturated rings. The van der Waals surface area contributed by atoms with Crippen LogP contribution in [0.15, 0.2) is 48.8 Å². The lowest BCUT2D eigenvalue weighted by atomic mass is 10.1. The van der Waals surface area contributed by atoms with E-state index in [1.807, 2.05) is 12.1 Å². The van der Waals surface area contributed by atoms with Crippen molar-refractivity contribution in [3.8, 4) is 16.9 Å². The van der Waals surface area contributed by atoms with Crippen LogP contribution in [-0.2, 0) is 0 Å². The highest BCUT2D eigenvalue weighted by atomic mass is 19.4. The number of pyridine rings is 1. The topological polar surface area (TPSA) is 37.9 Å². The highest BCUT2D eigenvalue weighted by Crippen LogP contribution is 2.27. The highest BCUT2D eigenvalue weighted by Gasteiger charge is 2.30. The molecule has 0 atom stereocenters. The van der Waals surface area contributed by atoms with Gasteiger partial charge in [-0.25, -0.2) is 0 Å². The summed E-state index contributed by atoms with van der Waals surface area (Å²) in [6.45, 7) is 0. The maximum absolute atomic E-state index is 12.1. The standard InChI is InChI=1S/C14H9F3N2O/c15-14(16,17)20-11-3-1-9(2-4-11)10-7-13-12(19-8-10)5-6-18-13/h1-8,18H. The van der Waals surface area contributed by atoms with E-state index in [1.54, 1.807) is 24.5 Å². The van der Waals surface area contributed by atoms with E-state index in [9.17, 15) is 13.2 Å². The molecule has 1 N–H and O–H groups in total. The molecule has 3 rings (SSSR count). The van der Waals surface area contributed by atoms with E-state index in [0.29, 0.717) is 0 Å². The second-order valence-electron chi connectivity index (χ2n) is 4.21. The van der Waals surface area contributed by atoms with Crippen LogP contribution in [-0.4, -0.2) is 16.3 Å². The molecule has 3 nitrogen and oxygen atoms in total. The van der Waals surface area contributed by atoms with Gasteiger partial charge in [0.05, 0.1) is 11.0 Å². The van der Waals surface area contributed by atoms with Crippen LogP contribution in [0.1, 0.15) is 0 Å². The zero-order chi connectivity index (χ0) is 14.2. The van der Waals surface area contributed by atoms with Gasteiger partial charge in [-0.15, -0.1) is 13.2 Å². The smallest absolute Gasteiger partial charge is 0.406 e. The molecule has 0 saturated heterocycles. The average molecular weight is 278 g/mol. The van der Waals surface area contributed by atoms with Gasteiger partial charge in [0.25, 0.3) is 0 Å². The molecule has 0 radical (unpaired) electrons. The quantitative estimate of drug-likeness (QED) is 0.765. The maximum atomic E-state index is 12.1. The van der Waals surface area contributed by atoms with Gasteiger partial charge in [0.1, 0.15) is 5.75 Å². The Balaban J connectivity index is 1.90. The molecule has 0 aliphatic rings.